The number of fused-ring (bicyclic) bond motifs is 1. The molecule has 5 heteroatoms. The first-order valence-electron chi connectivity index (χ1n) is 3.67. The second-order valence-electron chi connectivity index (χ2n) is 2.42. The molecule has 0 aromatic carbocycles. The second-order valence-corrected chi connectivity index (χ2v) is 2.42. The molecule has 62 valence electrons. The molecule has 0 spiro atoms. The molecule has 2 aromatic heterocycles. The third-order valence-corrected chi connectivity index (χ3v) is 1.71. The van der Waals surface area contributed by atoms with Crippen LogP contribution in [0.3, 0.4) is 0 Å². The van der Waals surface area contributed by atoms with Crippen LogP contribution >= 0.6 is 0 Å². The van der Waals surface area contributed by atoms with E-state index < -0.39 is 0 Å². The van der Waals surface area contributed by atoms with Crippen molar-refractivity contribution in [2.75, 3.05) is 5.73 Å². The van der Waals surface area contributed by atoms with Gasteiger partial charge in [-0.1, -0.05) is 12.1 Å². The Labute approximate surface area is 68.6 Å². The molecule has 2 N–H and O–H groups in total. The molecular formula is C7H8N4O. The monoisotopic (exact) mass is 164 g/mol. The van der Waals surface area contributed by atoms with Gasteiger partial charge in [-0.3, -0.25) is 0 Å². The fraction of sp³-hybridized carbons (Fsp3) is 0.286. The lowest BCUT2D eigenvalue weighted by molar-refractivity contribution is 0.439. The van der Waals surface area contributed by atoms with Crippen LogP contribution < -0.4 is 5.73 Å². The maximum absolute atomic E-state index is 5.63. The lowest BCUT2D eigenvalue weighted by Gasteiger charge is -1.92. The Balaban J connectivity index is 2.83. The zero-order valence-electron chi connectivity index (χ0n) is 6.61. The fourth-order valence-corrected chi connectivity index (χ4v) is 1.11. The highest BCUT2D eigenvalue weighted by atomic mass is 16.5. The highest BCUT2D eigenvalue weighted by molar-refractivity contribution is 5.86. The van der Waals surface area contributed by atoms with Crippen molar-refractivity contribution in [2.45, 2.75) is 13.3 Å². The Morgan fingerprint density at radius 3 is 3.08 bits per heavy atom. The maximum Gasteiger partial charge on any atom is 0.263 e. The second kappa shape index (κ2) is 2.44. The molecule has 5 nitrogen and oxygen atoms in total. The molecule has 0 bridgehead atoms. The normalized spacial score (nSPS) is 10.8. The molecule has 0 saturated carbocycles. The predicted molar refractivity (Wildman–Crippen MR) is 43.4 cm³/mol. The van der Waals surface area contributed by atoms with Gasteiger partial charge in [0, 0.05) is 0 Å². The lowest BCUT2D eigenvalue weighted by atomic mass is 10.2. The van der Waals surface area contributed by atoms with Gasteiger partial charge in [0.05, 0.1) is 5.69 Å². The van der Waals surface area contributed by atoms with Crippen molar-refractivity contribution in [2.24, 2.45) is 0 Å². The van der Waals surface area contributed by atoms with E-state index in [1.807, 2.05) is 6.92 Å². The van der Waals surface area contributed by atoms with E-state index in [2.05, 4.69) is 15.1 Å². The van der Waals surface area contributed by atoms with E-state index in [9.17, 15) is 0 Å². The molecule has 2 aromatic rings. The van der Waals surface area contributed by atoms with Crippen molar-refractivity contribution < 1.29 is 4.52 Å². The maximum atomic E-state index is 5.63. The lowest BCUT2D eigenvalue weighted by Crippen LogP contribution is -1.93. The van der Waals surface area contributed by atoms with E-state index in [0.717, 1.165) is 17.5 Å². The minimum atomic E-state index is 0.429. The third kappa shape index (κ3) is 0.827. The molecule has 0 aliphatic rings. The summed E-state index contributed by atoms with van der Waals surface area (Å²) in [7, 11) is 0. The first kappa shape index (κ1) is 7.02. The smallest absolute Gasteiger partial charge is 0.263 e. The van der Waals surface area contributed by atoms with Crippen LogP contribution in [-0.2, 0) is 6.42 Å². The summed E-state index contributed by atoms with van der Waals surface area (Å²) in [4.78, 5) is 7.75. The van der Waals surface area contributed by atoms with Gasteiger partial charge in [-0.2, -0.15) is 4.98 Å². The van der Waals surface area contributed by atoms with Crippen LogP contribution in [0.1, 0.15) is 12.6 Å². The van der Waals surface area contributed by atoms with E-state index in [0.29, 0.717) is 11.5 Å². The molecule has 0 unspecified atom stereocenters. The Hall–Kier alpha value is -1.65. The van der Waals surface area contributed by atoms with Crippen molar-refractivity contribution >= 4 is 16.9 Å². The average Bonchev–Trinajstić information content (AvgIpc) is 2.49. The van der Waals surface area contributed by atoms with Gasteiger partial charge in [0.2, 0.25) is 0 Å². The number of hydrogen-bond acceptors (Lipinski definition) is 5. The van der Waals surface area contributed by atoms with Crippen LogP contribution in [0.25, 0.3) is 11.1 Å². The molecule has 0 aliphatic carbocycles. The van der Waals surface area contributed by atoms with Gasteiger partial charge in [-0.15, -0.1) is 0 Å². The Kier molecular flexibility index (Phi) is 1.43. The highest BCUT2D eigenvalue weighted by Crippen LogP contribution is 2.20. The summed E-state index contributed by atoms with van der Waals surface area (Å²) >= 11 is 0. The van der Waals surface area contributed by atoms with Crippen LogP contribution in [0.5, 0.6) is 0 Å². The van der Waals surface area contributed by atoms with E-state index in [4.69, 9.17) is 10.3 Å². The summed E-state index contributed by atoms with van der Waals surface area (Å²) in [6.45, 7) is 1.98. The molecule has 0 atom stereocenters. The van der Waals surface area contributed by atoms with Crippen LogP contribution in [0.4, 0.5) is 5.82 Å². The number of nitrogens with zero attached hydrogens (tertiary/aromatic N) is 3. The van der Waals surface area contributed by atoms with Gasteiger partial charge in [0.25, 0.3) is 5.71 Å². The number of nitrogens with two attached hydrogens (primary N) is 1. The third-order valence-electron chi connectivity index (χ3n) is 1.71. The van der Waals surface area contributed by atoms with Crippen molar-refractivity contribution in [1.82, 2.24) is 15.1 Å². The fourth-order valence-electron chi connectivity index (χ4n) is 1.11. The van der Waals surface area contributed by atoms with Gasteiger partial charge in [0.15, 0.2) is 0 Å². The van der Waals surface area contributed by atoms with E-state index in [-0.39, 0.29) is 0 Å². The first-order valence-corrected chi connectivity index (χ1v) is 3.67. The summed E-state index contributed by atoms with van der Waals surface area (Å²) in [6.07, 6.45) is 2.13. The molecule has 0 radical (unpaired) electrons. The molecule has 12 heavy (non-hydrogen) atoms. The first-order chi connectivity index (χ1) is 5.83. The van der Waals surface area contributed by atoms with Gasteiger partial charge in [-0.05, 0) is 6.42 Å². The highest BCUT2D eigenvalue weighted by Gasteiger charge is 2.10. The number of rotatable bonds is 1. The van der Waals surface area contributed by atoms with Gasteiger partial charge in [0.1, 0.15) is 17.5 Å². The quantitative estimate of drug-likeness (QED) is 0.673. The molecule has 0 amide bonds. The van der Waals surface area contributed by atoms with Crippen LogP contribution in [0.2, 0.25) is 0 Å². The number of nitrogen functional groups attached to an aromatic ring is 1. The molecule has 0 saturated heterocycles. The zero-order chi connectivity index (χ0) is 8.55. The number of aromatic nitrogens is 3. The van der Waals surface area contributed by atoms with E-state index >= 15 is 0 Å². The Morgan fingerprint density at radius 1 is 1.50 bits per heavy atom. The average molecular weight is 164 g/mol. The van der Waals surface area contributed by atoms with E-state index in [1.54, 1.807) is 0 Å². The largest absolute Gasteiger partial charge is 0.383 e. The summed E-state index contributed by atoms with van der Waals surface area (Å²) in [5.74, 6) is 0.429. The Morgan fingerprint density at radius 2 is 2.33 bits per heavy atom. The van der Waals surface area contributed by atoms with Crippen molar-refractivity contribution in [3.8, 4) is 0 Å². The van der Waals surface area contributed by atoms with Crippen LogP contribution in [0.15, 0.2) is 10.9 Å². The molecule has 0 fully saturated rings. The Bertz CT molecular complexity index is 409. The standard InChI is InChI=1S/C7H8N4O/c1-2-4-5-6(8)9-3-10-7(5)12-11-4/h3H,2H2,1H3,(H2,8,9,10). The van der Waals surface area contributed by atoms with Crippen LogP contribution in [-0.4, -0.2) is 15.1 Å². The number of aryl methyl sites for hydroxylation is 1. The number of anilines is 1. The summed E-state index contributed by atoms with van der Waals surface area (Å²) < 4.78 is 4.94. The van der Waals surface area contributed by atoms with E-state index in [1.165, 1.54) is 6.33 Å². The van der Waals surface area contributed by atoms with Crippen molar-refractivity contribution in [1.29, 1.82) is 0 Å². The van der Waals surface area contributed by atoms with Crippen LogP contribution in [0, 0.1) is 0 Å². The molecule has 2 rings (SSSR count). The topological polar surface area (TPSA) is 77.8 Å². The van der Waals surface area contributed by atoms with Crippen molar-refractivity contribution in [3.63, 3.8) is 0 Å². The van der Waals surface area contributed by atoms with Gasteiger partial charge in [-0.25, -0.2) is 4.98 Å². The molecule has 0 aliphatic heterocycles. The summed E-state index contributed by atoms with van der Waals surface area (Å²) in [5.41, 5.74) is 6.89. The van der Waals surface area contributed by atoms with Crippen molar-refractivity contribution in [3.05, 3.63) is 12.0 Å². The number of hydrogen-bond donors (Lipinski definition) is 1. The zero-order valence-corrected chi connectivity index (χ0v) is 6.61. The van der Waals surface area contributed by atoms with Gasteiger partial charge < -0.3 is 10.3 Å². The predicted octanol–water partition coefficient (Wildman–Crippen LogP) is 0.762. The summed E-state index contributed by atoms with van der Waals surface area (Å²) in [6, 6.07) is 0. The summed E-state index contributed by atoms with van der Waals surface area (Å²) in [5, 5.41) is 4.55. The SMILES string of the molecule is CCc1noc2ncnc(N)c12. The molecule has 2 heterocycles. The molecular weight excluding hydrogens is 156 g/mol. The minimum Gasteiger partial charge on any atom is -0.383 e. The van der Waals surface area contributed by atoms with Gasteiger partial charge >= 0.3 is 0 Å². The minimum absolute atomic E-state index is 0.429.